The van der Waals surface area contributed by atoms with E-state index in [4.69, 9.17) is 9.52 Å². The molecule has 0 unspecified atom stereocenters. The first-order valence-corrected chi connectivity index (χ1v) is 10.8. The van der Waals surface area contributed by atoms with E-state index in [1.165, 1.54) is 18.2 Å². The Balaban J connectivity index is 2.71. The molecule has 2 atom stereocenters. The Labute approximate surface area is 172 Å². The molecule has 1 aromatic rings. The summed E-state index contributed by atoms with van der Waals surface area (Å²) in [7, 11) is -3.33. The van der Waals surface area contributed by atoms with Gasteiger partial charge in [0.15, 0.2) is 0 Å². The number of alkyl halides is 3. The zero-order valence-corrected chi connectivity index (χ0v) is 17.6. The topological polar surface area (TPSA) is 126 Å². The van der Waals surface area contributed by atoms with E-state index in [-0.39, 0.29) is 29.9 Å². The lowest BCUT2D eigenvalue weighted by Gasteiger charge is -2.22. The van der Waals surface area contributed by atoms with Gasteiger partial charge in [0.25, 0.3) is 0 Å². The van der Waals surface area contributed by atoms with Crippen molar-refractivity contribution in [2.75, 3.05) is 11.5 Å². The molecule has 0 aliphatic carbocycles. The maximum atomic E-state index is 12.5. The van der Waals surface area contributed by atoms with E-state index in [9.17, 15) is 32.1 Å². The van der Waals surface area contributed by atoms with Crippen molar-refractivity contribution < 1.29 is 41.5 Å². The molecule has 0 aliphatic heterocycles. The molecule has 170 valence electrons. The molecule has 0 saturated carbocycles. The Hall–Kier alpha value is -2.50. The fourth-order valence-corrected chi connectivity index (χ4v) is 3.70. The number of carboxylic acid groups (broad SMARTS) is 1. The third-order valence-electron chi connectivity index (χ3n) is 3.62. The molecule has 12 heteroatoms. The molecule has 0 fully saturated rings. The first-order chi connectivity index (χ1) is 13.6. The highest BCUT2D eigenvalue weighted by Gasteiger charge is 2.32. The number of carboxylic acids is 1. The van der Waals surface area contributed by atoms with Gasteiger partial charge in [-0.25, -0.2) is 13.8 Å². The van der Waals surface area contributed by atoms with Gasteiger partial charge in [0.05, 0.1) is 0 Å². The normalized spacial score (nSPS) is 15.0. The zero-order valence-electron chi connectivity index (χ0n) is 16.7. The van der Waals surface area contributed by atoms with Gasteiger partial charge in [0, 0.05) is 21.2 Å². The van der Waals surface area contributed by atoms with Crippen molar-refractivity contribution in [2.45, 2.75) is 51.6 Å². The van der Waals surface area contributed by atoms with E-state index in [1.807, 2.05) is 0 Å². The number of rotatable bonds is 9. The largest absolute Gasteiger partial charge is 0.573 e. The fourth-order valence-electron chi connectivity index (χ4n) is 2.33. The number of hydrogen-bond acceptors (Lipinski definition) is 6. The van der Waals surface area contributed by atoms with Crippen LogP contribution in [0.25, 0.3) is 0 Å². The van der Waals surface area contributed by atoms with Gasteiger partial charge in [0.1, 0.15) is 17.4 Å². The number of carbonyl (C=O) groups is 2. The van der Waals surface area contributed by atoms with Crippen LogP contribution >= 0.6 is 0 Å². The summed E-state index contributed by atoms with van der Waals surface area (Å²) in [4.78, 5) is 23.1. The fraction of sp³-hybridized carbons (Fsp3) is 0.556. The van der Waals surface area contributed by atoms with E-state index in [0.29, 0.717) is 0 Å². The number of aliphatic carboxylic acids is 1. The lowest BCUT2D eigenvalue weighted by Crippen LogP contribution is -2.44. The number of benzene rings is 1. The molecule has 8 nitrogen and oxygen atoms in total. The van der Waals surface area contributed by atoms with Crippen LogP contribution in [-0.2, 0) is 25.7 Å². The van der Waals surface area contributed by atoms with Crippen LogP contribution in [0.5, 0.6) is 5.75 Å². The van der Waals surface area contributed by atoms with Gasteiger partial charge in [-0.2, -0.15) is 0 Å². The SMILES string of the molecule is CC(C)(C)OC(=O)N[C@@H](CC[S@@](=N)(=O)CCc1ccccc1OC(F)(F)F)C(=O)O. The van der Waals surface area contributed by atoms with E-state index in [2.05, 4.69) is 10.1 Å². The van der Waals surface area contributed by atoms with Crippen molar-refractivity contribution in [1.29, 1.82) is 4.78 Å². The molecule has 0 spiro atoms. The minimum atomic E-state index is -4.89. The second kappa shape index (κ2) is 10.0. The number of alkyl carbamates (subject to hydrolysis) is 1. The van der Waals surface area contributed by atoms with Crippen LogP contribution in [0.2, 0.25) is 0 Å². The van der Waals surface area contributed by atoms with Gasteiger partial charge in [0.2, 0.25) is 0 Å². The van der Waals surface area contributed by atoms with Crippen LogP contribution in [0.3, 0.4) is 0 Å². The molecule has 0 saturated heterocycles. The summed E-state index contributed by atoms with van der Waals surface area (Å²) in [5.41, 5.74) is -0.724. The highest BCUT2D eigenvalue weighted by atomic mass is 32.2. The smallest absolute Gasteiger partial charge is 0.480 e. The summed E-state index contributed by atoms with van der Waals surface area (Å²) < 4.78 is 66.7. The van der Waals surface area contributed by atoms with Gasteiger partial charge in [-0.15, -0.1) is 13.2 Å². The van der Waals surface area contributed by atoms with Crippen LogP contribution in [-0.4, -0.2) is 50.9 Å². The van der Waals surface area contributed by atoms with E-state index >= 15 is 0 Å². The Morgan fingerprint density at radius 2 is 1.80 bits per heavy atom. The van der Waals surface area contributed by atoms with Crippen molar-refractivity contribution in [3.63, 3.8) is 0 Å². The standard InChI is InChI=1S/C18H25F3N2O6S/c1-17(2,3)29-16(26)23-13(15(24)25)9-11-30(22,27)10-8-12-6-4-5-7-14(12)28-18(19,20)21/h4-7,13,22H,8-11H2,1-3H3,(H,23,26)(H,24,25)/t13-,30-/m0/s1. The number of halogens is 3. The molecule has 1 rings (SSSR count). The third kappa shape index (κ3) is 10.3. The second-order valence-electron chi connectivity index (χ2n) is 7.45. The molecule has 0 radical (unpaired) electrons. The van der Waals surface area contributed by atoms with Crippen molar-refractivity contribution in [3.8, 4) is 5.75 Å². The second-order valence-corrected chi connectivity index (χ2v) is 9.89. The van der Waals surface area contributed by atoms with Crippen molar-refractivity contribution in [2.24, 2.45) is 0 Å². The average molecular weight is 454 g/mol. The Morgan fingerprint density at radius 3 is 2.33 bits per heavy atom. The summed E-state index contributed by atoms with van der Waals surface area (Å²) in [5.74, 6) is -2.51. The summed E-state index contributed by atoms with van der Waals surface area (Å²) >= 11 is 0. The predicted octanol–water partition coefficient (Wildman–Crippen LogP) is 3.54. The monoisotopic (exact) mass is 454 g/mol. The van der Waals surface area contributed by atoms with Crippen molar-refractivity contribution >= 4 is 21.8 Å². The highest BCUT2D eigenvalue weighted by Crippen LogP contribution is 2.26. The maximum Gasteiger partial charge on any atom is 0.573 e. The van der Waals surface area contributed by atoms with Gasteiger partial charge >= 0.3 is 18.4 Å². The quantitative estimate of drug-likeness (QED) is 0.524. The Kier molecular flexibility index (Phi) is 8.52. The number of para-hydroxylation sites is 1. The first kappa shape index (κ1) is 25.5. The number of ether oxygens (including phenoxy) is 2. The average Bonchev–Trinajstić information content (AvgIpc) is 2.54. The van der Waals surface area contributed by atoms with Gasteiger partial charge in [-0.3, -0.25) is 4.78 Å². The highest BCUT2D eigenvalue weighted by molar-refractivity contribution is 7.92. The number of carbonyl (C=O) groups excluding carboxylic acids is 1. The molecular formula is C18H25F3N2O6S. The third-order valence-corrected chi connectivity index (χ3v) is 5.38. The molecule has 0 bridgehead atoms. The van der Waals surface area contributed by atoms with Crippen LogP contribution in [0, 0.1) is 4.78 Å². The summed E-state index contributed by atoms with van der Waals surface area (Å²) in [6.45, 7) is 4.79. The first-order valence-electron chi connectivity index (χ1n) is 8.88. The van der Waals surface area contributed by atoms with Gasteiger partial charge in [-0.1, -0.05) is 18.2 Å². The lowest BCUT2D eigenvalue weighted by atomic mass is 10.1. The molecule has 3 N–H and O–H groups in total. The predicted molar refractivity (Wildman–Crippen MR) is 103 cm³/mol. The zero-order chi connectivity index (χ0) is 23.2. The molecule has 30 heavy (non-hydrogen) atoms. The minimum absolute atomic E-state index is 0.122. The molecule has 0 heterocycles. The molecule has 1 aromatic carbocycles. The van der Waals surface area contributed by atoms with Crippen LogP contribution < -0.4 is 10.1 Å². The summed E-state index contributed by atoms with van der Waals surface area (Å²) in [6.07, 6.45) is -6.30. The van der Waals surface area contributed by atoms with Crippen molar-refractivity contribution in [3.05, 3.63) is 29.8 Å². The van der Waals surface area contributed by atoms with Gasteiger partial charge in [-0.05, 0) is 45.2 Å². The van der Waals surface area contributed by atoms with E-state index < -0.39 is 45.5 Å². The molecule has 1 amide bonds. The number of amides is 1. The molecular weight excluding hydrogens is 429 g/mol. The van der Waals surface area contributed by atoms with Crippen LogP contribution in [0.15, 0.2) is 24.3 Å². The Morgan fingerprint density at radius 1 is 1.20 bits per heavy atom. The molecule has 0 aliphatic rings. The van der Waals surface area contributed by atoms with Crippen molar-refractivity contribution in [1.82, 2.24) is 5.32 Å². The van der Waals surface area contributed by atoms with Gasteiger partial charge < -0.3 is 19.9 Å². The van der Waals surface area contributed by atoms with Crippen LogP contribution in [0.4, 0.5) is 18.0 Å². The summed E-state index contributed by atoms with van der Waals surface area (Å²) in [6, 6.07) is 3.88. The Bertz CT molecular complexity index is 850. The minimum Gasteiger partial charge on any atom is -0.480 e. The lowest BCUT2D eigenvalue weighted by molar-refractivity contribution is -0.274. The number of nitrogens with one attached hydrogen (secondary N) is 2. The van der Waals surface area contributed by atoms with Crippen LogP contribution in [0.1, 0.15) is 32.8 Å². The number of hydrogen-bond donors (Lipinski definition) is 3. The van der Waals surface area contributed by atoms with E-state index in [0.717, 1.165) is 6.07 Å². The maximum absolute atomic E-state index is 12.5. The summed E-state index contributed by atoms with van der Waals surface area (Å²) in [5, 5.41) is 11.4. The van der Waals surface area contributed by atoms with E-state index in [1.54, 1.807) is 20.8 Å². The number of aryl methyl sites for hydroxylation is 1. The molecule has 0 aromatic heterocycles.